The zero-order valence-corrected chi connectivity index (χ0v) is 12.5. The molecule has 0 saturated heterocycles. The number of rotatable bonds is 0. The molecular weight excluding hydrogens is 308 g/mol. The highest BCUT2D eigenvalue weighted by Gasteiger charge is 2.33. The first kappa shape index (κ1) is 14.2. The van der Waals surface area contributed by atoms with Gasteiger partial charge in [-0.15, -0.1) is 8.83 Å². The van der Waals surface area contributed by atoms with Gasteiger partial charge >= 0.3 is 12.2 Å². The van der Waals surface area contributed by atoms with Crippen molar-refractivity contribution in [1.29, 1.82) is 0 Å². The van der Waals surface area contributed by atoms with Crippen LogP contribution in [-0.2, 0) is 9.47 Å². The highest BCUT2D eigenvalue weighted by atomic mass is 33.1. The standard InChI is InChI=1S/C10H10N2O4S3/c1-15-9(13)11-12(10(14)16-2)19-18-8-6-4-3-5-7(8)17-11/h3-6H,1-2H3. The molecule has 1 aromatic rings. The molecule has 0 unspecified atom stereocenters. The molecule has 0 atom stereocenters. The minimum atomic E-state index is -0.653. The number of amides is 2. The molecule has 0 aromatic heterocycles. The van der Waals surface area contributed by atoms with Crippen molar-refractivity contribution >= 4 is 45.9 Å². The van der Waals surface area contributed by atoms with E-state index in [1.807, 2.05) is 24.3 Å². The van der Waals surface area contributed by atoms with Crippen molar-refractivity contribution in [3.8, 4) is 0 Å². The van der Waals surface area contributed by atoms with E-state index in [0.29, 0.717) is 0 Å². The molecule has 1 aromatic carbocycles. The lowest BCUT2D eigenvalue weighted by atomic mass is 10.4. The molecule has 9 heteroatoms. The van der Waals surface area contributed by atoms with Gasteiger partial charge in [-0.25, -0.2) is 9.59 Å². The van der Waals surface area contributed by atoms with Crippen molar-refractivity contribution in [3.05, 3.63) is 24.3 Å². The van der Waals surface area contributed by atoms with Crippen molar-refractivity contribution in [3.63, 3.8) is 0 Å². The maximum atomic E-state index is 11.8. The molecule has 0 fully saturated rings. The second kappa shape index (κ2) is 6.31. The average molecular weight is 318 g/mol. The molecule has 1 aliphatic rings. The van der Waals surface area contributed by atoms with Crippen molar-refractivity contribution < 1.29 is 19.1 Å². The number of carbonyl (C=O) groups is 2. The first-order chi connectivity index (χ1) is 9.17. The average Bonchev–Trinajstić information content (AvgIpc) is 2.65. The van der Waals surface area contributed by atoms with Crippen LogP contribution in [0.5, 0.6) is 0 Å². The minimum Gasteiger partial charge on any atom is -0.451 e. The molecule has 0 bridgehead atoms. The lowest BCUT2D eigenvalue weighted by Crippen LogP contribution is -2.40. The van der Waals surface area contributed by atoms with Gasteiger partial charge in [0.05, 0.1) is 25.2 Å². The minimum absolute atomic E-state index is 0.650. The Labute approximate surface area is 122 Å². The van der Waals surface area contributed by atoms with Crippen LogP contribution in [0.3, 0.4) is 0 Å². The molecule has 2 amide bonds. The van der Waals surface area contributed by atoms with Crippen molar-refractivity contribution in [2.75, 3.05) is 14.2 Å². The molecule has 6 nitrogen and oxygen atoms in total. The van der Waals surface area contributed by atoms with E-state index in [9.17, 15) is 9.59 Å². The predicted octanol–water partition coefficient (Wildman–Crippen LogP) is 3.41. The molecular formula is C10H10N2O4S3. The topological polar surface area (TPSA) is 59.1 Å². The largest absolute Gasteiger partial charge is 0.451 e. The highest BCUT2D eigenvalue weighted by molar-refractivity contribution is 8.76. The molecule has 0 N–H and O–H groups in total. The number of hydrogen-bond donors (Lipinski definition) is 0. The van der Waals surface area contributed by atoms with Crippen molar-refractivity contribution in [2.45, 2.75) is 9.79 Å². The van der Waals surface area contributed by atoms with E-state index in [4.69, 9.17) is 0 Å². The monoisotopic (exact) mass is 318 g/mol. The van der Waals surface area contributed by atoms with Gasteiger partial charge in [-0.3, -0.25) is 0 Å². The normalized spacial score (nSPS) is 14.4. The number of carbonyl (C=O) groups excluding carboxylic acids is 2. The maximum Gasteiger partial charge on any atom is 0.440 e. The summed E-state index contributed by atoms with van der Waals surface area (Å²) < 4.78 is 11.6. The van der Waals surface area contributed by atoms with E-state index in [2.05, 4.69) is 9.47 Å². The van der Waals surface area contributed by atoms with Crippen molar-refractivity contribution in [2.24, 2.45) is 0 Å². The third kappa shape index (κ3) is 3.04. The van der Waals surface area contributed by atoms with Gasteiger partial charge in [0.15, 0.2) is 0 Å². The number of benzene rings is 1. The lowest BCUT2D eigenvalue weighted by Gasteiger charge is -2.26. The van der Waals surface area contributed by atoms with Crippen LogP contribution >= 0.6 is 33.7 Å². The molecule has 1 heterocycles. The first-order valence-corrected chi connectivity index (χ1v) is 7.93. The molecule has 102 valence electrons. The number of methoxy groups -OCH3 is 2. The van der Waals surface area contributed by atoms with E-state index in [1.54, 1.807) is 0 Å². The number of ether oxygens (including phenoxy) is 2. The van der Waals surface area contributed by atoms with Gasteiger partial charge in [-0.05, 0) is 22.9 Å². The molecule has 2 rings (SSSR count). The van der Waals surface area contributed by atoms with Crippen LogP contribution < -0.4 is 0 Å². The Bertz CT molecular complexity index is 499. The van der Waals surface area contributed by atoms with Crippen LogP contribution in [0, 0.1) is 0 Å². The van der Waals surface area contributed by atoms with Gasteiger partial charge in [0, 0.05) is 21.7 Å². The Kier molecular flexibility index (Phi) is 4.72. The van der Waals surface area contributed by atoms with Gasteiger partial charge in [-0.1, -0.05) is 12.1 Å². The molecule has 0 radical (unpaired) electrons. The predicted molar refractivity (Wildman–Crippen MR) is 74.2 cm³/mol. The van der Waals surface area contributed by atoms with Gasteiger partial charge < -0.3 is 9.47 Å². The zero-order chi connectivity index (χ0) is 13.8. The number of hydrogen-bond acceptors (Lipinski definition) is 7. The van der Waals surface area contributed by atoms with Crippen LogP contribution in [-0.4, -0.2) is 35.2 Å². The fourth-order valence-corrected chi connectivity index (χ4v) is 4.67. The number of fused-ring (bicyclic) bond motifs is 1. The molecule has 0 aliphatic carbocycles. The summed E-state index contributed by atoms with van der Waals surface area (Å²) in [7, 11) is 4.97. The third-order valence-corrected chi connectivity index (χ3v) is 5.58. The SMILES string of the molecule is COC(=O)N1SSc2ccccc2SN1C(=O)OC. The number of nitrogens with zero attached hydrogens (tertiary/aromatic N) is 2. The van der Waals surface area contributed by atoms with Crippen LogP contribution in [0.1, 0.15) is 0 Å². The lowest BCUT2D eigenvalue weighted by molar-refractivity contribution is 0.0897. The Morgan fingerprint density at radius 3 is 2.21 bits per heavy atom. The highest BCUT2D eigenvalue weighted by Crippen LogP contribution is 2.47. The summed E-state index contributed by atoms with van der Waals surface area (Å²) in [6, 6.07) is 7.53. The summed E-state index contributed by atoms with van der Waals surface area (Å²) in [6.07, 6.45) is -1.30. The first-order valence-electron chi connectivity index (χ1n) is 5.05. The Hall–Kier alpha value is -1.19. The van der Waals surface area contributed by atoms with Gasteiger partial charge in [0.2, 0.25) is 0 Å². The zero-order valence-electron chi connectivity index (χ0n) is 10.1. The van der Waals surface area contributed by atoms with Gasteiger partial charge in [0.25, 0.3) is 0 Å². The van der Waals surface area contributed by atoms with E-state index in [1.165, 1.54) is 25.0 Å². The molecule has 19 heavy (non-hydrogen) atoms. The van der Waals surface area contributed by atoms with Crippen LogP contribution in [0.25, 0.3) is 0 Å². The maximum absolute atomic E-state index is 11.8. The Morgan fingerprint density at radius 2 is 1.58 bits per heavy atom. The van der Waals surface area contributed by atoms with Gasteiger partial charge in [0.1, 0.15) is 0 Å². The third-order valence-electron chi connectivity index (χ3n) is 2.06. The molecule has 0 saturated carbocycles. The van der Waals surface area contributed by atoms with E-state index in [0.717, 1.165) is 41.5 Å². The second-order valence-corrected chi connectivity index (χ2v) is 6.20. The molecule has 0 spiro atoms. The van der Waals surface area contributed by atoms with Crippen LogP contribution in [0.2, 0.25) is 0 Å². The van der Waals surface area contributed by atoms with E-state index in [-0.39, 0.29) is 0 Å². The summed E-state index contributed by atoms with van der Waals surface area (Å²) in [6.45, 7) is 0. The summed E-state index contributed by atoms with van der Waals surface area (Å²) >= 11 is 1.10. The van der Waals surface area contributed by atoms with Gasteiger partial charge in [-0.2, -0.15) is 0 Å². The van der Waals surface area contributed by atoms with E-state index < -0.39 is 12.2 Å². The summed E-state index contributed by atoms with van der Waals surface area (Å²) in [5, 5.41) is 0. The quantitative estimate of drug-likeness (QED) is 0.536. The summed E-state index contributed by atoms with van der Waals surface area (Å²) in [4.78, 5) is 25.3. The smallest absolute Gasteiger partial charge is 0.440 e. The fourth-order valence-electron chi connectivity index (χ4n) is 1.20. The van der Waals surface area contributed by atoms with E-state index >= 15 is 0 Å². The summed E-state index contributed by atoms with van der Waals surface area (Å²) in [5.74, 6) is 0. The second-order valence-electron chi connectivity index (χ2n) is 3.18. The summed E-state index contributed by atoms with van der Waals surface area (Å²) in [5.41, 5.74) is 0. The number of hydrazine groups is 1. The molecule has 1 aliphatic heterocycles. The van der Waals surface area contributed by atoms with Crippen molar-refractivity contribution in [1.82, 2.24) is 8.83 Å². The Morgan fingerprint density at radius 1 is 1.00 bits per heavy atom. The fraction of sp³-hybridized carbons (Fsp3) is 0.200. The van der Waals surface area contributed by atoms with Crippen LogP contribution in [0.4, 0.5) is 9.59 Å². The Balaban J connectivity index is 2.33. The van der Waals surface area contributed by atoms with Crippen LogP contribution in [0.15, 0.2) is 34.1 Å².